The molecule has 0 aliphatic rings. The van der Waals surface area contributed by atoms with E-state index >= 15 is 0 Å². The van der Waals surface area contributed by atoms with Crippen molar-refractivity contribution in [2.24, 2.45) is 4.76 Å². The second-order valence-electron chi connectivity index (χ2n) is 2.81. The molecule has 0 aliphatic heterocycles. The highest BCUT2D eigenvalue weighted by molar-refractivity contribution is 8.15. The summed E-state index contributed by atoms with van der Waals surface area (Å²) in [5, 5.41) is 0.840. The molecule has 0 saturated carbocycles. The summed E-state index contributed by atoms with van der Waals surface area (Å²) < 4.78 is 14.7. The summed E-state index contributed by atoms with van der Waals surface area (Å²) in [6, 6.07) is 9.86. The molecule has 0 spiro atoms. The molecule has 0 atom stereocenters. The Labute approximate surface area is 105 Å². The van der Waals surface area contributed by atoms with E-state index in [-0.39, 0.29) is 0 Å². The molecule has 0 bridgehead atoms. The fraction of sp³-hybridized carbons (Fsp3) is 0.300. The van der Waals surface area contributed by atoms with Crippen LogP contribution in [0, 0.1) is 0 Å². The fourth-order valence-corrected chi connectivity index (χ4v) is 3.14. The van der Waals surface area contributed by atoms with E-state index in [1.54, 1.807) is 0 Å². The molecule has 0 aromatic heterocycles. The molecule has 0 N–H and O–H groups in total. The second-order valence-corrected chi connectivity index (χ2v) is 6.86. The van der Waals surface area contributed by atoms with Gasteiger partial charge in [-0.05, 0) is 18.1 Å². The van der Waals surface area contributed by atoms with Crippen molar-refractivity contribution in [1.82, 2.24) is 0 Å². The molecular weight excluding hydrogens is 261 g/mol. The Kier molecular flexibility index (Phi) is 5.66. The van der Waals surface area contributed by atoms with Crippen LogP contribution in [0.25, 0.3) is 0 Å². The Hall–Kier alpha value is -0.190. The van der Waals surface area contributed by atoms with Gasteiger partial charge in [0.05, 0.1) is 0 Å². The molecule has 0 heterocycles. The van der Waals surface area contributed by atoms with Gasteiger partial charge in [0.1, 0.15) is 5.04 Å². The SMILES string of the molecule is COP(=S)(/N=C(\SC)c1ccccc1)OC. The molecule has 1 rings (SSSR count). The predicted octanol–water partition coefficient (Wildman–Crippen LogP) is 3.31. The van der Waals surface area contributed by atoms with Crippen LogP contribution in [0.2, 0.25) is 0 Å². The minimum Gasteiger partial charge on any atom is -0.316 e. The number of nitrogens with zero attached hydrogens (tertiary/aromatic N) is 1. The van der Waals surface area contributed by atoms with Gasteiger partial charge in [0.2, 0.25) is 0 Å². The standard InChI is InChI=1S/C10H14NO2PS2/c1-12-14(15,13-2)11-10(16-3)9-7-5-4-6-8-9/h4-8H,1-3H3/b11-10-. The first-order valence-corrected chi connectivity index (χ1v) is 8.38. The largest absolute Gasteiger partial charge is 0.316 e. The van der Waals surface area contributed by atoms with E-state index in [0.717, 1.165) is 10.6 Å². The van der Waals surface area contributed by atoms with Crippen molar-refractivity contribution in [3.05, 3.63) is 35.9 Å². The van der Waals surface area contributed by atoms with Gasteiger partial charge in [-0.15, -0.1) is 11.8 Å². The summed E-state index contributed by atoms with van der Waals surface area (Å²) >= 11 is 6.74. The fourth-order valence-electron chi connectivity index (χ4n) is 1.06. The molecular formula is C10H14NO2PS2. The molecule has 6 heteroatoms. The van der Waals surface area contributed by atoms with Crippen molar-refractivity contribution in [2.45, 2.75) is 0 Å². The zero-order valence-corrected chi connectivity index (χ0v) is 11.9. The Morgan fingerprint density at radius 2 is 1.81 bits per heavy atom. The smallest absolute Gasteiger partial charge is 0.309 e. The van der Waals surface area contributed by atoms with Crippen LogP contribution < -0.4 is 0 Å². The maximum atomic E-state index is 5.21. The highest BCUT2D eigenvalue weighted by Gasteiger charge is 2.15. The Bertz CT molecular complexity index is 401. The molecule has 0 fully saturated rings. The molecule has 3 nitrogen and oxygen atoms in total. The van der Waals surface area contributed by atoms with Gasteiger partial charge in [-0.1, -0.05) is 30.3 Å². The average Bonchev–Trinajstić information content (AvgIpc) is 2.36. The Morgan fingerprint density at radius 1 is 1.25 bits per heavy atom. The third-order valence-electron chi connectivity index (χ3n) is 1.89. The van der Waals surface area contributed by atoms with Crippen LogP contribution in [0.1, 0.15) is 5.56 Å². The first kappa shape index (κ1) is 13.9. The Morgan fingerprint density at radius 3 is 2.25 bits per heavy atom. The van der Waals surface area contributed by atoms with Crippen LogP contribution in [0.15, 0.2) is 35.1 Å². The summed E-state index contributed by atoms with van der Waals surface area (Å²) in [6.07, 6.45) is 1.96. The Balaban J connectivity index is 3.08. The zero-order chi connectivity index (χ0) is 12.0. The van der Waals surface area contributed by atoms with Crippen molar-refractivity contribution >= 4 is 35.3 Å². The highest BCUT2D eigenvalue weighted by Crippen LogP contribution is 2.49. The van der Waals surface area contributed by atoms with E-state index in [1.807, 2.05) is 36.6 Å². The summed E-state index contributed by atoms with van der Waals surface area (Å²) in [4.78, 5) is 0. The lowest BCUT2D eigenvalue weighted by Crippen LogP contribution is -1.96. The molecule has 88 valence electrons. The molecule has 0 radical (unpaired) electrons. The van der Waals surface area contributed by atoms with Crippen molar-refractivity contribution in [3.63, 3.8) is 0 Å². The van der Waals surface area contributed by atoms with E-state index in [9.17, 15) is 0 Å². The summed E-state index contributed by atoms with van der Waals surface area (Å²) in [5.74, 6) is 0. The van der Waals surface area contributed by atoms with Gasteiger partial charge in [0.25, 0.3) is 0 Å². The lowest BCUT2D eigenvalue weighted by molar-refractivity contribution is 0.338. The molecule has 0 amide bonds. The van der Waals surface area contributed by atoms with Crippen LogP contribution >= 0.6 is 18.4 Å². The maximum absolute atomic E-state index is 5.21. The van der Waals surface area contributed by atoms with Crippen molar-refractivity contribution in [1.29, 1.82) is 0 Å². The van der Waals surface area contributed by atoms with Crippen molar-refractivity contribution < 1.29 is 9.05 Å². The van der Waals surface area contributed by atoms with Gasteiger partial charge in [-0.25, -0.2) is 0 Å². The summed E-state index contributed by atoms with van der Waals surface area (Å²) in [7, 11) is 3.05. The van der Waals surface area contributed by atoms with Gasteiger partial charge in [-0.2, -0.15) is 4.76 Å². The first-order valence-electron chi connectivity index (χ1n) is 4.56. The predicted molar refractivity (Wildman–Crippen MR) is 74.8 cm³/mol. The van der Waals surface area contributed by atoms with Crippen LogP contribution in [0.4, 0.5) is 0 Å². The van der Waals surface area contributed by atoms with Crippen molar-refractivity contribution in [2.75, 3.05) is 20.5 Å². The van der Waals surface area contributed by atoms with E-state index < -0.39 is 6.64 Å². The highest BCUT2D eigenvalue weighted by atomic mass is 32.5. The van der Waals surface area contributed by atoms with Gasteiger partial charge < -0.3 is 9.05 Å². The minimum atomic E-state index is -2.52. The van der Waals surface area contributed by atoms with Crippen LogP contribution in [-0.2, 0) is 20.9 Å². The van der Waals surface area contributed by atoms with E-state index in [1.165, 1.54) is 26.0 Å². The quantitative estimate of drug-likeness (QED) is 0.479. The van der Waals surface area contributed by atoms with Gasteiger partial charge in [0.15, 0.2) is 0 Å². The van der Waals surface area contributed by atoms with Crippen LogP contribution in [0.3, 0.4) is 0 Å². The third kappa shape index (κ3) is 3.68. The number of hydrogen-bond donors (Lipinski definition) is 0. The number of rotatable bonds is 4. The first-order chi connectivity index (χ1) is 7.65. The van der Waals surface area contributed by atoms with E-state index in [0.29, 0.717) is 0 Å². The second kappa shape index (κ2) is 6.52. The maximum Gasteiger partial charge on any atom is 0.309 e. The van der Waals surface area contributed by atoms with E-state index in [2.05, 4.69) is 4.76 Å². The third-order valence-corrected chi connectivity index (χ3v) is 5.25. The van der Waals surface area contributed by atoms with Crippen molar-refractivity contribution in [3.8, 4) is 0 Å². The molecule has 1 aromatic rings. The van der Waals surface area contributed by atoms with Crippen LogP contribution in [-0.4, -0.2) is 25.5 Å². The lowest BCUT2D eigenvalue weighted by atomic mass is 10.2. The lowest BCUT2D eigenvalue weighted by Gasteiger charge is -2.14. The zero-order valence-electron chi connectivity index (χ0n) is 9.41. The number of benzene rings is 1. The monoisotopic (exact) mass is 275 g/mol. The molecule has 16 heavy (non-hydrogen) atoms. The molecule has 0 aliphatic carbocycles. The molecule has 0 unspecified atom stereocenters. The van der Waals surface area contributed by atoms with E-state index in [4.69, 9.17) is 20.9 Å². The number of thioether (sulfide) groups is 1. The summed E-state index contributed by atoms with van der Waals surface area (Å²) in [5.41, 5.74) is 1.03. The number of hydrogen-bond acceptors (Lipinski definition) is 4. The topological polar surface area (TPSA) is 30.8 Å². The van der Waals surface area contributed by atoms with Gasteiger partial charge >= 0.3 is 6.64 Å². The van der Waals surface area contributed by atoms with Crippen LogP contribution in [0.5, 0.6) is 0 Å². The minimum absolute atomic E-state index is 0.840. The van der Waals surface area contributed by atoms with Gasteiger partial charge in [0, 0.05) is 19.8 Å². The molecule has 0 saturated heterocycles. The molecule has 1 aromatic carbocycles. The van der Waals surface area contributed by atoms with Gasteiger partial charge in [-0.3, -0.25) is 0 Å². The normalized spacial score (nSPS) is 12.8. The average molecular weight is 275 g/mol. The summed E-state index contributed by atoms with van der Waals surface area (Å²) in [6.45, 7) is -2.52.